The topological polar surface area (TPSA) is 90.3 Å². The van der Waals surface area contributed by atoms with E-state index in [2.05, 4.69) is 20.4 Å². The summed E-state index contributed by atoms with van der Waals surface area (Å²) >= 11 is 0. The first-order valence-corrected chi connectivity index (χ1v) is 13.8. The summed E-state index contributed by atoms with van der Waals surface area (Å²) in [5.41, 5.74) is 0.789. The number of nitrogens with zero attached hydrogens (tertiary/aromatic N) is 4. The molecule has 0 radical (unpaired) electrons. The maximum atomic E-state index is 13.1. The van der Waals surface area contributed by atoms with Crippen molar-refractivity contribution < 1.29 is 27.9 Å². The first-order chi connectivity index (χ1) is 19.0. The lowest BCUT2D eigenvalue weighted by Crippen LogP contribution is -2.46. The smallest absolute Gasteiger partial charge is 0.384 e. The monoisotopic (exact) mass is 559 g/mol. The minimum atomic E-state index is -4.45. The Morgan fingerprint density at radius 2 is 1.95 bits per heavy atom. The first kappa shape index (κ1) is 28.5. The summed E-state index contributed by atoms with van der Waals surface area (Å²) in [6.07, 6.45) is 0.346. The molecular weight excluding hydrogens is 523 g/mol. The number of carbonyl (C=O) groups is 1. The van der Waals surface area contributed by atoms with Crippen molar-refractivity contribution in [1.29, 1.82) is 0 Å². The standard InChI is InChI=1S/C29H36F3N5O3/c1-36(2)17-19-6-7-26(33-16-19)28(39)11-8-22(9-12-28)34-23-10-13-37(18-23)27(38)25-15-24(35-40-25)20-4-3-5-21(14-20)29(30,31)32/h3-7,14,16,22-23,25,34,39H,8-13,15,17-18H2,1-2H3/t22?,23-,25?,28?/m0/s1. The van der Waals surface area contributed by atoms with E-state index in [1.807, 2.05) is 32.4 Å². The summed E-state index contributed by atoms with van der Waals surface area (Å²) in [6, 6.07) is 9.25. The third-order valence-electron chi connectivity index (χ3n) is 8.05. The summed E-state index contributed by atoms with van der Waals surface area (Å²) in [4.78, 5) is 26.8. The van der Waals surface area contributed by atoms with E-state index in [1.165, 1.54) is 6.07 Å². The number of aromatic nitrogens is 1. The fraction of sp³-hybridized carbons (Fsp3) is 0.552. The molecule has 11 heteroatoms. The lowest BCUT2D eigenvalue weighted by Gasteiger charge is -2.37. The second kappa shape index (κ2) is 11.5. The van der Waals surface area contributed by atoms with Crippen molar-refractivity contribution in [2.45, 2.75) is 75.0 Å². The fourth-order valence-corrected chi connectivity index (χ4v) is 5.87. The number of pyridine rings is 1. The molecule has 3 aliphatic rings. The van der Waals surface area contributed by atoms with Crippen LogP contribution in [0, 0.1) is 0 Å². The number of likely N-dealkylation sites (tertiary alicyclic amines) is 1. The molecule has 1 saturated carbocycles. The van der Waals surface area contributed by atoms with E-state index >= 15 is 0 Å². The van der Waals surface area contributed by atoms with Gasteiger partial charge in [0, 0.05) is 49.9 Å². The Labute approximate surface area is 232 Å². The molecule has 1 aromatic carbocycles. The molecule has 1 amide bonds. The van der Waals surface area contributed by atoms with Crippen LogP contribution in [0.3, 0.4) is 0 Å². The van der Waals surface area contributed by atoms with E-state index in [0.29, 0.717) is 37.2 Å². The molecule has 2 aromatic rings. The summed E-state index contributed by atoms with van der Waals surface area (Å²) < 4.78 is 39.2. The highest BCUT2D eigenvalue weighted by molar-refractivity contribution is 6.04. The Morgan fingerprint density at radius 1 is 1.18 bits per heavy atom. The number of rotatable bonds is 7. The highest BCUT2D eigenvalue weighted by atomic mass is 19.4. The van der Waals surface area contributed by atoms with E-state index in [9.17, 15) is 23.1 Å². The van der Waals surface area contributed by atoms with Crippen molar-refractivity contribution >= 4 is 11.6 Å². The molecule has 1 aliphatic carbocycles. The van der Waals surface area contributed by atoms with Gasteiger partial charge in [-0.15, -0.1) is 0 Å². The van der Waals surface area contributed by atoms with Gasteiger partial charge in [0.25, 0.3) is 5.91 Å². The molecule has 2 N–H and O–H groups in total. The van der Waals surface area contributed by atoms with Crippen molar-refractivity contribution in [2.24, 2.45) is 5.16 Å². The van der Waals surface area contributed by atoms with Gasteiger partial charge in [-0.05, 0) is 70.0 Å². The number of amides is 1. The molecule has 2 atom stereocenters. The van der Waals surface area contributed by atoms with Crippen LogP contribution in [0.5, 0.6) is 0 Å². The van der Waals surface area contributed by atoms with Crippen LogP contribution in [0.4, 0.5) is 13.2 Å². The quantitative estimate of drug-likeness (QED) is 0.538. The van der Waals surface area contributed by atoms with Crippen molar-refractivity contribution in [3.8, 4) is 0 Å². The Morgan fingerprint density at radius 3 is 2.62 bits per heavy atom. The summed E-state index contributed by atoms with van der Waals surface area (Å²) in [6.45, 7) is 1.91. The second-order valence-corrected chi connectivity index (χ2v) is 11.4. The van der Waals surface area contributed by atoms with E-state index in [4.69, 9.17) is 4.84 Å². The van der Waals surface area contributed by atoms with E-state index in [1.54, 1.807) is 11.0 Å². The SMILES string of the molecule is CN(C)Cc1ccc(C2(O)CCC(N[C@H]3CCN(C(=O)C4CC(c5cccc(C(F)(F)F)c5)=NO4)C3)CC2)nc1. The maximum Gasteiger partial charge on any atom is 0.416 e. The molecule has 0 spiro atoms. The van der Waals surface area contributed by atoms with Crippen molar-refractivity contribution in [3.63, 3.8) is 0 Å². The zero-order valence-corrected chi connectivity index (χ0v) is 22.8. The molecule has 2 fully saturated rings. The van der Waals surface area contributed by atoms with Crippen LogP contribution in [0.25, 0.3) is 0 Å². The molecule has 1 saturated heterocycles. The number of nitrogens with one attached hydrogen (secondary N) is 1. The largest absolute Gasteiger partial charge is 0.416 e. The third-order valence-corrected chi connectivity index (χ3v) is 8.05. The van der Waals surface area contributed by atoms with Gasteiger partial charge >= 0.3 is 6.18 Å². The molecule has 8 nitrogen and oxygen atoms in total. The second-order valence-electron chi connectivity index (χ2n) is 11.4. The van der Waals surface area contributed by atoms with Crippen LogP contribution in [0.1, 0.15) is 60.9 Å². The zero-order chi connectivity index (χ0) is 28.5. The van der Waals surface area contributed by atoms with Gasteiger partial charge in [-0.25, -0.2) is 0 Å². The summed E-state index contributed by atoms with van der Waals surface area (Å²) in [7, 11) is 4.01. The number of benzene rings is 1. The number of alkyl halides is 3. The van der Waals surface area contributed by atoms with E-state index in [0.717, 1.165) is 49.2 Å². The van der Waals surface area contributed by atoms with Crippen LogP contribution in [0.2, 0.25) is 0 Å². The number of oxime groups is 1. The first-order valence-electron chi connectivity index (χ1n) is 13.8. The average molecular weight is 560 g/mol. The molecule has 1 unspecified atom stereocenters. The zero-order valence-electron chi connectivity index (χ0n) is 22.8. The van der Waals surface area contributed by atoms with Gasteiger partial charge in [0.05, 0.1) is 17.0 Å². The predicted octanol–water partition coefficient (Wildman–Crippen LogP) is 3.68. The molecule has 216 valence electrons. The van der Waals surface area contributed by atoms with Gasteiger partial charge in [0.15, 0.2) is 0 Å². The van der Waals surface area contributed by atoms with E-state index in [-0.39, 0.29) is 24.4 Å². The van der Waals surface area contributed by atoms with Crippen LogP contribution in [-0.4, -0.2) is 76.9 Å². The van der Waals surface area contributed by atoms with Gasteiger partial charge in [0.2, 0.25) is 6.10 Å². The lowest BCUT2D eigenvalue weighted by atomic mass is 9.79. The molecular formula is C29H36F3N5O3. The average Bonchev–Trinajstić information content (AvgIpc) is 3.60. The predicted molar refractivity (Wildman–Crippen MR) is 143 cm³/mol. The Kier molecular flexibility index (Phi) is 8.17. The minimum Gasteiger partial charge on any atom is -0.384 e. The Balaban J connectivity index is 1.09. The molecule has 1 aromatic heterocycles. The lowest BCUT2D eigenvalue weighted by molar-refractivity contribution is -0.141. The number of halogens is 3. The van der Waals surface area contributed by atoms with Crippen LogP contribution in [-0.2, 0) is 28.0 Å². The Hall–Kier alpha value is -3.02. The van der Waals surface area contributed by atoms with Gasteiger partial charge in [-0.2, -0.15) is 13.2 Å². The van der Waals surface area contributed by atoms with Crippen molar-refractivity contribution in [1.82, 2.24) is 20.1 Å². The molecule has 3 heterocycles. The van der Waals surface area contributed by atoms with Crippen LogP contribution < -0.4 is 5.32 Å². The Bertz CT molecular complexity index is 1230. The molecule has 5 rings (SSSR count). The molecule has 0 bridgehead atoms. The number of carbonyl (C=O) groups excluding carboxylic acids is 1. The minimum absolute atomic E-state index is 0.133. The summed E-state index contributed by atoms with van der Waals surface area (Å²) in [5.74, 6) is -0.197. The highest BCUT2D eigenvalue weighted by Crippen LogP contribution is 2.37. The molecule has 2 aliphatic heterocycles. The van der Waals surface area contributed by atoms with Gasteiger partial charge in [-0.1, -0.05) is 23.4 Å². The van der Waals surface area contributed by atoms with Crippen molar-refractivity contribution in [2.75, 3.05) is 27.2 Å². The van der Waals surface area contributed by atoms with Crippen LogP contribution >= 0.6 is 0 Å². The number of hydrogen-bond donors (Lipinski definition) is 2. The number of hydrogen-bond acceptors (Lipinski definition) is 7. The number of aliphatic hydroxyl groups is 1. The van der Waals surface area contributed by atoms with E-state index < -0.39 is 23.4 Å². The highest BCUT2D eigenvalue weighted by Gasteiger charge is 2.39. The van der Waals surface area contributed by atoms with Crippen molar-refractivity contribution in [3.05, 3.63) is 65.0 Å². The normalized spacial score (nSPS) is 27.1. The molecule has 40 heavy (non-hydrogen) atoms. The fourth-order valence-electron chi connectivity index (χ4n) is 5.87. The third kappa shape index (κ3) is 6.47. The van der Waals surface area contributed by atoms with Gasteiger partial charge < -0.3 is 25.1 Å². The summed E-state index contributed by atoms with van der Waals surface area (Å²) in [5, 5.41) is 18.8. The van der Waals surface area contributed by atoms with Gasteiger partial charge in [0.1, 0.15) is 5.60 Å². The maximum absolute atomic E-state index is 13.1. The van der Waals surface area contributed by atoms with Crippen LogP contribution in [0.15, 0.2) is 47.8 Å². The van der Waals surface area contributed by atoms with Gasteiger partial charge in [-0.3, -0.25) is 9.78 Å².